The van der Waals surface area contributed by atoms with Gasteiger partial charge >= 0.3 is 6.03 Å². The van der Waals surface area contributed by atoms with Crippen molar-refractivity contribution in [1.29, 1.82) is 0 Å². The van der Waals surface area contributed by atoms with Gasteiger partial charge in [0.15, 0.2) is 0 Å². The van der Waals surface area contributed by atoms with Crippen molar-refractivity contribution in [1.82, 2.24) is 19.8 Å². The lowest BCUT2D eigenvalue weighted by Gasteiger charge is -2.20. The van der Waals surface area contributed by atoms with E-state index in [1.807, 2.05) is 35.9 Å². The van der Waals surface area contributed by atoms with Crippen molar-refractivity contribution >= 4 is 6.03 Å². The maximum atomic E-state index is 12.0. The van der Waals surface area contributed by atoms with Crippen LogP contribution in [0.1, 0.15) is 18.3 Å². The van der Waals surface area contributed by atoms with Crippen molar-refractivity contribution in [2.24, 2.45) is 0 Å². The van der Waals surface area contributed by atoms with Crippen molar-refractivity contribution < 1.29 is 9.90 Å². The summed E-state index contributed by atoms with van der Waals surface area (Å²) in [6.45, 7) is 3.82. The molecule has 0 aliphatic heterocycles. The Bertz CT molecular complexity index is 583. The Labute approximate surface area is 130 Å². The van der Waals surface area contributed by atoms with Crippen molar-refractivity contribution in [3.05, 3.63) is 54.1 Å². The molecule has 0 aliphatic rings. The van der Waals surface area contributed by atoms with E-state index in [9.17, 15) is 4.79 Å². The van der Waals surface area contributed by atoms with Gasteiger partial charge in [-0.1, -0.05) is 30.3 Å². The van der Waals surface area contributed by atoms with Crippen molar-refractivity contribution in [3.8, 4) is 0 Å². The van der Waals surface area contributed by atoms with Crippen LogP contribution in [-0.2, 0) is 13.1 Å². The number of amides is 2. The summed E-state index contributed by atoms with van der Waals surface area (Å²) in [5.74, 6) is 0.803. The van der Waals surface area contributed by atoms with E-state index in [2.05, 4.69) is 22.4 Å². The van der Waals surface area contributed by atoms with Gasteiger partial charge in [-0.2, -0.15) is 0 Å². The van der Waals surface area contributed by atoms with Gasteiger partial charge in [0.1, 0.15) is 5.82 Å². The Morgan fingerprint density at radius 2 is 2.14 bits per heavy atom. The number of carbonyl (C=O) groups excluding carboxylic acids is 1. The maximum absolute atomic E-state index is 12.0. The maximum Gasteiger partial charge on any atom is 0.317 e. The minimum absolute atomic E-state index is 0.0378. The van der Waals surface area contributed by atoms with E-state index in [1.165, 1.54) is 5.56 Å². The molecule has 0 unspecified atom stereocenters. The number of aromatic nitrogens is 2. The molecular weight excluding hydrogens is 280 g/mol. The zero-order chi connectivity index (χ0) is 15.8. The van der Waals surface area contributed by atoms with Crippen LogP contribution in [0.15, 0.2) is 42.7 Å². The van der Waals surface area contributed by atoms with Gasteiger partial charge in [-0.3, -0.25) is 0 Å². The standard InChI is InChI=1S/C16H22N4O2/c1-2-19(10-11-21)16(22)18-12-15-17-8-9-20(15)13-14-6-4-3-5-7-14/h3-9,21H,2,10-13H2,1H3,(H,18,22). The Hall–Kier alpha value is -2.34. The van der Waals surface area contributed by atoms with E-state index < -0.39 is 0 Å². The van der Waals surface area contributed by atoms with Gasteiger partial charge in [-0.15, -0.1) is 0 Å². The minimum Gasteiger partial charge on any atom is -0.395 e. The van der Waals surface area contributed by atoms with Crippen LogP contribution in [0.4, 0.5) is 4.79 Å². The number of rotatable bonds is 7. The summed E-state index contributed by atoms with van der Waals surface area (Å²) in [4.78, 5) is 17.9. The van der Waals surface area contributed by atoms with Gasteiger partial charge in [0.25, 0.3) is 0 Å². The minimum atomic E-state index is -0.189. The van der Waals surface area contributed by atoms with Crippen LogP contribution < -0.4 is 5.32 Å². The first-order valence-electron chi connectivity index (χ1n) is 7.42. The molecule has 118 valence electrons. The third-order valence-corrected chi connectivity index (χ3v) is 3.43. The number of likely N-dealkylation sites (N-methyl/N-ethyl adjacent to an activating group) is 1. The number of hydrogen-bond donors (Lipinski definition) is 2. The molecule has 1 aromatic heterocycles. The van der Waals surface area contributed by atoms with Gasteiger partial charge in [0.05, 0.1) is 13.2 Å². The number of hydrogen-bond acceptors (Lipinski definition) is 3. The molecule has 0 bridgehead atoms. The Balaban J connectivity index is 1.94. The third-order valence-electron chi connectivity index (χ3n) is 3.43. The zero-order valence-corrected chi connectivity index (χ0v) is 12.8. The van der Waals surface area contributed by atoms with Crippen LogP contribution in [0.5, 0.6) is 0 Å². The van der Waals surface area contributed by atoms with Crippen LogP contribution in [0.2, 0.25) is 0 Å². The van der Waals surface area contributed by atoms with E-state index in [1.54, 1.807) is 11.1 Å². The highest BCUT2D eigenvalue weighted by molar-refractivity contribution is 5.74. The summed E-state index contributed by atoms with van der Waals surface area (Å²) in [6.07, 6.45) is 3.63. The number of nitrogens with one attached hydrogen (secondary N) is 1. The molecule has 0 radical (unpaired) electrons. The number of urea groups is 1. The molecule has 0 saturated heterocycles. The van der Waals surface area contributed by atoms with Crippen LogP contribution in [0, 0.1) is 0 Å². The summed E-state index contributed by atoms with van der Waals surface area (Å²) < 4.78 is 2.01. The molecule has 0 atom stereocenters. The molecule has 0 spiro atoms. The van der Waals surface area contributed by atoms with E-state index in [0.717, 1.165) is 12.4 Å². The number of aliphatic hydroxyl groups excluding tert-OH is 1. The molecule has 2 N–H and O–H groups in total. The van der Waals surface area contributed by atoms with Gasteiger partial charge in [-0.25, -0.2) is 9.78 Å². The average Bonchev–Trinajstić information content (AvgIpc) is 2.98. The van der Waals surface area contributed by atoms with Crippen LogP contribution >= 0.6 is 0 Å². The van der Waals surface area contributed by atoms with E-state index in [0.29, 0.717) is 19.6 Å². The molecule has 6 heteroatoms. The van der Waals surface area contributed by atoms with Gasteiger partial charge in [0, 0.05) is 32.0 Å². The quantitative estimate of drug-likeness (QED) is 0.813. The van der Waals surface area contributed by atoms with E-state index in [-0.39, 0.29) is 12.6 Å². The number of nitrogens with zero attached hydrogens (tertiary/aromatic N) is 3. The molecule has 0 aliphatic carbocycles. The Morgan fingerprint density at radius 3 is 2.82 bits per heavy atom. The highest BCUT2D eigenvalue weighted by Gasteiger charge is 2.11. The van der Waals surface area contributed by atoms with Gasteiger partial charge < -0.3 is 19.9 Å². The lowest BCUT2D eigenvalue weighted by atomic mass is 10.2. The highest BCUT2D eigenvalue weighted by Crippen LogP contribution is 2.05. The largest absolute Gasteiger partial charge is 0.395 e. The summed E-state index contributed by atoms with van der Waals surface area (Å²) in [5, 5.41) is 11.8. The number of aliphatic hydroxyl groups is 1. The summed E-state index contributed by atoms with van der Waals surface area (Å²) in [5.41, 5.74) is 1.18. The molecule has 22 heavy (non-hydrogen) atoms. The normalized spacial score (nSPS) is 10.5. The number of carbonyl (C=O) groups is 1. The van der Waals surface area contributed by atoms with Crippen molar-refractivity contribution in [2.75, 3.05) is 19.7 Å². The summed E-state index contributed by atoms with van der Waals surface area (Å²) >= 11 is 0. The molecule has 1 heterocycles. The van der Waals surface area contributed by atoms with E-state index in [4.69, 9.17) is 5.11 Å². The second-order valence-electron chi connectivity index (χ2n) is 4.92. The first-order valence-corrected chi connectivity index (χ1v) is 7.42. The second kappa shape index (κ2) is 8.19. The van der Waals surface area contributed by atoms with Crippen LogP contribution in [-0.4, -0.2) is 45.3 Å². The van der Waals surface area contributed by atoms with Crippen LogP contribution in [0.25, 0.3) is 0 Å². The van der Waals surface area contributed by atoms with E-state index >= 15 is 0 Å². The topological polar surface area (TPSA) is 70.4 Å². The fourth-order valence-corrected chi connectivity index (χ4v) is 2.22. The molecular formula is C16H22N4O2. The first-order chi connectivity index (χ1) is 10.7. The molecule has 0 fully saturated rings. The molecule has 0 saturated carbocycles. The Morgan fingerprint density at radius 1 is 1.36 bits per heavy atom. The number of imidazole rings is 1. The smallest absolute Gasteiger partial charge is 0.317 e. The lowest BCUT2D eigenvalue weighted by molar-refractivity contribution is 0.180. The molecule has 1 aromatic carbocycles. The molecule has 6 nitrogen and oxygen atoms in total. The predicted molar refractivity (Wildman–Crippen MR) is 84.3 cm³/mol. The molecule has 2 aromatic rings. The monoisotopic (exact) mass is 302 g/mol. The van der Waals surface area contributed by atoms with Crippen LogP contribution in [0.3, 0.4) is 0 Å². The highest BCUT2D eigenvalue weighted by atomic mass is 16.3. The fraction of sp³-hybridized carbons (Fsp3) is 0.375. The predicted octanol–water partition coefficient (Wildman–Crippen LogP) is 1.46. The zero-order valence-electron chi connectivity index (χ0n) is 12.8. The third kappa shape index (κ3) is 4.33. The second-order valence-corrected chi connectivity index (χ2v) is 4.92. The van der Waals surface area contributed by atoms with Crippen molar-refractivity contribution in [2.45, 2.75) is 20.0 Å². The SMILES string of the molecule is CCN(CCO)C(=O)NCc1nccn1Cc1ccccc1. The van der Waals surface area contributed by atoms with Crippen molar-refractivity contribution in [3.63, 3.8) is 0 Å². The molecule has 2 rings (SSSR count). The lowest BCUT2D eigenvalue weighted by Crippen LogP contribution is -2.41. The first kappa shape index (κ1) is 16.0. The fourth-order valence-electron chi connectivity index (χ4n) is 2.22. The molecule has 2 amide bonds. The number of benzene rings is 1. The van der Waals surface area contributed by atoms with Gasteiger partial charge in [-0.05, 0) is 12.5 Å². The van der Waals surface area contributed by atoms with Gasteiger partial charge in [0.2, 0.25) is 0 Å². The average molecular weight is 302 g/mol. The summed E-state index contributed by atoms with van der Waals surface area (Å²) in [6, 6.07) is 9.92. The summed E-state index contributed by atoms with van der Waals surface area (Å²) in [7, 11) is 0. The Kier molecular flexibility index (Phi) is 5.97.